The second-order valence-corrected chi connectivity index (χ2v) is 21.9. The van der Waals surface area contributed by atoms with Gasteiger partial charge in [0.2, 0.25) is 24.1 Å². The van der Waals surface area contributed by atoms with E-state index in [2.05, 4.69) is 26.3 Å². The number of nitrogens with one attached hydrogen (secondary N) is 4. The van der Waals surface area contributed by atoms with Crippen LogP contribution in [0, 0.1) is 6.92 Å². The van der Waals surface area contributed by atoms with Crippen LogP contribution in [0.15, 0.2) is 60.6 Å². The molecule has 2 fully saturated rings. The van der Waals surface area contributed by atoms with Gasteiger partial charge in [-0.15, -0.1) is 0 Å². The molecule has 30 nitrogen and oxygen atoms in total. The van der Waals surface area contributed by atoms with E-state index in [0.717, 1.165) is 36.8 Å². The van der Waals surface area contributed by atoms with Gasteiger partial charge in [0.1, 0.15) is 23.8 Å². The number of pyridine rings is 1. The lowest BCUT2D eigenvalue weighted by Gasteiger charge is -2.39. The van der Waals surface area contributed by atoms with Crippen molar-refractivity contribution in [2.75, 3.05) is 124 Å². The number of nitrogens with zero attached hydrogens (tertiary/aromatic N) is 8. The first kappa shape index (κ1) is 71.0. The highest BCUT2D eigenvalue weighted by molar-refractivity contribution is 6.34. The van der Waals surface area contributed by atoms with E-state index in [0.29, 0.717) is 68.9 Å². The van der Waals surface area contributed by atoms with E-state index in [4.69, 9.17) is 52.4 Å². The standard InChI is InChI=1S/C48H55Cl2N11O14.C7H13NO2.C2H4O2/c1-28-36-27-75-39-19-38(74-2)34(17-35(39)47(36)61(56-28)33-15-30(49)14-31(50)16-33)29-13-32(21-51-20-29)54-40(62)3-4-52-41(63)22-53-48(73)37(18-43(65)66)55-42(64)23-57-5-7-58(24-44(67)68)9-11-60(26-46(71)72)12-10-59(8-6-57)25-45(69)70;1-7(2)5-10-4-3-8(7)6-9;1-2(3)4/h13-21H,3-12,22-27H2,1-2H3,(H,52,63)(H,53,73)(H,54,62)(H,55,64)(H,65,66)(H,67,68)(H,69,70)(H,71,72);6H,3-5H2,1-2H3;1H3,(H,3,4)/b37-18+;;. The molecule has 0 bridgehead atoms. The third kappa shape index (κ3) is 23.0. The number of carboxylic acids is 5. The highest BCUT2D eigenvalue weighted by Crippen LogP contribution is 2.46. The maximum absolute atomic E-state index is 13.3. The van der Waals surface area contributed by atoms with Crippen LogP contribution in [0.1, 0.15) is 38.4 Å². The minimum absolute atomic E-state index is 0.0745. The van der Waals surface area contributed by atoms with Crippen LogP contribution in [0.4, 0.5) is 5.69 Å². The molecular formula is C57H72Cl2N12O18. The van der Waals surface area contributed by atoms with Gasteiger partial charge in [0, 0.05) is 123 Å². The Morgan fingerprint density at radius 2 is 1.28 bits per heavy atom. The molecule has 32 heteroatoms. The third-order valence-corrected chi connectivity index (χ3v) is 14.1. The Labute approximate surface area is 521 Å². The van der Waals surface area contributed by atoms with Gasteiger partial charge >= 0.3 is 23.9 Å². The molecule has 5 amide bonds. The number of aryl methyl sites for hydroxylation is 1. The molecule has 482 valence electrons. The molecule has 2 aromatic heterocycles. The van der Waals surface area contributed by atoms with Crippen LogP contribution in [0.5, 0.6) is 11.5 Å². The molecule has 0 spiro atoms. The van der Waals surface area contributed by atoms with Gasteiger partial charge in [0.15, 0.2) is 0 Å². The van der Waals surface area contributed by atoms with Gasteiger partial charge in [-0.1, -0.05) is 23.2 Å². The summed E-state index contributed by atoms with van der Waals surface area (Å²) in [6.07, 6.45) is 4.16. The maximum Gasteiger partial charge on any atom is 0.330 e. The molecule has 2 aromatic carbocycles. The van der Waals surface area contributed by atoms with Crippen molar-refractivity contribution in [3.8, 4) is 39.6 Å². The molecule has 5 heterocycles. The normalized spacial score (nSPS) is 15.6. The molecule has 0 radical (unpaired) electrons. The van der Waals surface area contributed by atoms with Crippen molar-refractivity contribution in [2.24, 2.45) is 0 Å². The van der Waals surface area contributed by atoms with E-state index in [1.54, 1.807) is 65.7 Å². The van der Waals surface area contributed by atoms with Crippen molar-refractivity contribution >= 4 is 88.8 Å². The molecule has 0 atom stereocenters. The third-order valence-electron chi connectivity index (χ3n) is 13.6. The Morgan fingerprint density at radius 3 is 1.79 bits per heavy atom. The molecule has 3 aliphatic heterocycles. The first-order valence-electron chi connectivity index (χ1n) is 27.6. The first-order chi connectivity index (χ1) is 42.1. The Morgan fingerprint density at radius 1 is 0.719 bits per heavy atom. The smallest absolute Gasteiger partial charge is 0.330 e. The molecule has 0 saturated carbocycles. The number of aromatic nitrogens is 3. The largest absolute Gasteiger partial charge is 0.496 e. The second-order valence-electron chi connectivity index (χ2n) is 21.0. The summed E-state index contributed by atoms with van der Waals surface area (Å²) in [4.78, 5) is 131. The summed E-state index contributed by atoms with van der Waals surface area (Å²) in [5, 5.41) is 60.7. The monoisotopic (exact) mass is 1280 g/mol. The number of halogens is 2. The molecule has 9 N–H and O–H groups in total. The van der Waals surface area contributed by atoms with Gasteiger partial charge < -0.3 is 65.9 Å². The van der Waals surface area contributed by atoms with E-state index >= 15 is 0 Å². The van der Waals surface area contributed by atoms with E-state index in [1.165, 1.54) is 13.3 Å². The van der Waals surface area contributed by atoms with Crippen molar-refractivity contribution in [1.82, 2.24) is 55.2 Å². The Bertz CT molecular complexity index is 3210. The summed E-state index contributed by atoms with van der Waals surface area (Å²) in [6, 6.07) is 10.5. The lowest BCUT2D eigenvalue weighted by molar-refractivity contribution is -0.140. The van der Waals surface area contributed by atoms with Crippen LogP contribution < -0.4 is 30.7 Å². The lowest BCUT2D eigenvalue weighted by atomic mass is 9.96. The summed E-state index contributed by atoms with van der Waals surface area (Å²) in [7, 11) is 1.51. The fourth-order valence-electron chi connectivity index (χ4n) is 9.31. The van der Waals surface area contributed by atoms with Gasteiger partial charge in [-0.2, -0.15) is 5.10 Å². The minimum Gasteiger partial charge on any atom is -0.496 e. The number of amides is 5. The van der Waals surface area contributed by atoms with Crippen LogP contribution in [-0.2, 0) is 59.3 Å². The molecule has 3 aliphatic rings. The van der Waals surface area contributed by atoms with Gasteiger partial charge in [-0.3, -0.25) is 67.7 Å². The fourth-order valence-corrected chi connectivity index (χ4v) is 9.82. The van der Waals surface area contributed by atoms with Gasteiger partial charge in [0.05, 0.1) is 93.6 Å². The predicted octanol–water partition coefficient (Wildman–Crippen LogP) is 1.58. The zero-order chi connectivity index (χ0) is 65.5. The number of aliphatic carboxylic acids is 5. The zero-order valence-corrected chi connectivity index (χ0v) is 51.1. The van der Waals surface area contributed by atoms with Crippen LogP contribution in [0.2, 0.25) is 10.0 Å². The van der Waals surface area contributed by atoms with E-state index in [9.17, 15) is 63.6 Å². The predicted molar refractivity (Wildman–Crippen MR) is 321 cm³/mol. The maximum atomic E-state index is 13.3. The average Bonchev–Trinajstić information content (AvgIpc) is 1.81. The van der Waals surface area contributed by atoms with Gasteiger partial charge in [-0.05, 0) is 51.1 Å². The van der Waals surface area contributed by atoms with E-state index < -0.39 is 85.4 Å². The Kier molecular flexibility index (Phi) is 27.2. The number of carboxylic acid groups (broad SMARTS) is 5. The number of anilines is 1. The SMILES string of the molecule is CC(=O)O.CC1(C)COCCN1C=O.COc1cc2c(cc1-c1cncc(NC(=O)CCNC(=O)CNC(=O)/C(=C\C(=O)O)NC(=O)CN3CCN(CC(=O)O)CCN(CC(=O)O)CCN(CC(=O)O)CC3)c1)-c1c(c(C)nn1-c1cc(Cl)cc(Cl)c1)CO2. The number of rotatable bonds is 21. The molecule has 89 heavy (non-hydrogen) atoms. The van der Waals surface area contributed by atoms with E-state index in [-0.39, 0.29) is 84.0 Å². The fraction of sp³-hybridized carbons (Fsp3) is 0.439. The summed E-state index contributed by atoms with van der Waals surface area (Å²) < 4.78 is 18.9. The molecule has 2 saturated heterocycles. The number of fused-ring (bicyclic) bond motifs is 3. The van der Waals surface area contributed by atoms with Crippen molar-refractivity contribution in [3.63, 3.8) is 0 Å². The highest BCUT2D eigenvalue weighted by atomic mass is 35.5. The average molecular weight is 1280 g/mol. The molecule has 0 aliphatic carbocycles. The van der Waals surface area contributed by atoms with Crippen LogP contribution in [0.3, 0.4) is 0 Å². The van der Waals surface area contributed by atoms with Crippen molar-refractivity contribution in [1.29, 1.82) is 0 Å². The second kappa shape index (κ2) is 34.1. The molecule has 7 rings (SSSR count). The molecule has 4 aromatic rings. The minimum atomic E-state index is -1.59. The number of hydrogen-bond donors (Lipinski definition) is 9. The lowest BCUT2D eigenvalue weighted by Crippen LogP contribution is -2.52. The molecule has 0 unspecified atom stereocenters. The number of carbonyl (C=O) groups is 10. The Balaban J connectivity index is 0.000000911. The number of ether oxygens (including phenoxy) is 3. The summed E-state index contributed by atoms with van der Waals surface area (Å²) in [5.74, 6) is -8.02. The first-order valence-corrected chi connectivity index (χ1v) is 28.4. The summed E-state index contributed by atoms with van der Waals surface area (Å²) >= 11 is 12.7. The number of carbonyl (C=O) groups excluding carboxylic acids is 5. The summed E-state index contributed by atoms with van der Waals surface area (Å²) in [6.45, 7) is 7.79. The van der Waals surface area contributed by atoms with Crippen molar-refractivity contribution in [3.05, 3.63) is 81.9 Å². The summed E-state index contributed by atoms with van der Waals surface area (Å²) in [5.41, 5.74) is 4.45. The number of hydrogen-bond acceptors (Lipinski definition) is 19. The number of morpholine rings is 1. The van der Waals surface area contributed by atoms with Crippen LogP contribution in [0.25, 0.3) is 28.1 Å². The Hall–Kier alpha value is -8.78. The number of methoxy groups -OCH3 is 1. The van der Waals surface area contributed by atoms with Gasteiger partial charge in [0.25, 0.3) is 11.9 Å². The topological polar surface area (TPSA) is 395 Å². The van der Waals surface area contributed by atoms with Gasteiger partial charge in [-0.25, -0.2) is 9.48 Å². The van der Waals surface area contributed by atoms with Crippen LogP contribution >= 0.6 is 23.2 Å². The zero-order valence-electron chi connectivity index (χ0n) is 49.6. The van der Waals surface area contributed by atoms with Crippen molar-refractivity contribution < 1.29 is 87.7 Å². The highest BCUT2D eigenvalue weighted by Gasteiger charge is 2.31. The van der Waals surface area contributed by atoms with Crippen molar-refractivity contribution in [2.45, 2.75) is 46.3 Å². The quantitative estimate of drug-likeness (QED) is 0.0422. The van der Waals surface area contributed by atoms with E-state index in [1.807, 2.05) is 26.8 Å². The number of benzene rings is 2. The van der Waals surface area contributed by atoms with Crippen LogP contribution in [-0.4, -0.2) is 249 Å². The molecular weight excluding hydrogens is 1210 g/mol.